The number of oxime groups is 1. The maximum Gasteiger partial charge on any atom is 0.0736 e. The molecule has 1 rings (SSSR count). The van der Waals surface area contributed by atoms with E-state index in [0.717, 1.165) is 31.2 Å². The largest absolute Gasteiger partial charge is 0.411 e. The predicted molar refractivity (Wildman–Crippen MR) is 74.4 cm³/mol. The van der Waals surface area contributed by atoms with Crippen LogP contribution in [0.3, 0.4) is 0 Å². The predicted octanol–water partition coefficient (Wildman–Crippen LogP) is 3.54. The van der Waals surface area contributed by atoms with Crippen molar-refractivity contribution in [1.29, 1.82) is 0 Å². The highest BCUT2D eigenvalue weighted by molar-refractivity contribution is 5.81. The van der Waals surface area contributed by atoms with E-state index in [2.05, 4.69) is 18.1 Å². The second-order valence-corrected chi connectivity index (χ2v) is 4.79. The molecule has 3 nitrogen and oxygen atoms in total. The van der Waals surface area contributed by atoms with Crippen molar-refractivity contribution >= 4 is 6.21 Å². The average molecular weight is 249 g/mol. The lowest BCUT2D eigenvalue weighted by molar-refractivity contribution is 0.177. The van der Waals surface area contributed by atoms with E-state index in [0.29, 0.717) is 5.92 Å². The fourth-order valence-corrected chi connectivity index (χ4v) is 2.31. The van der Waals surface area contributed by atoms with Gasteiger partial charge in [0.2, 0.25) is 0 Å². The Kier molecular flexibility index (Phi) is 6.44. The topological polar surface area (TPSA) is 52.8 Å². The first-order valence-electron chi connectivity index (χ1n) is 6.63. The minimum absolute atomic E-state index is 0.261. The zero-order valence-corrected chi connectivity index (χ0v) is 11.2. The molecule has 0 amide bonds. The Morgan fingerprint density at radius 3 is 2.56 bits per heavy atom. The highest BCUT2D eigenvalue weighted by atomic mass is 16.4. The first-order chi connectivity index (χ1) is 8.69. The summed E-state index contributed by atoms with van der Waals surface area (Å²) in [5, 5.41) is 21.3. The number of aliphatic hydroxyl groups is 1. The number of benzene rings is 1. The summed E-state index contributed by atoms with van der Waals surface area (Å²) < 4.78 is 0. The minimum atomic E-state index is -0.261. The highest BCUT2D eigenvalue weighted by Crippen LogP contribution is 2.29. The van der Waals surface area contributed by atoms with Gasteiger partial charge in [0.15, 0.2) is 0 Å². The van der Waals surface area contributed by atoms with Crippen molar-refractivity contribution in [3.8, 4) is 0 Å². The van der Waals surface area contributed by atoms with Crippen LogP contribution in [-0.2, 0) is 0 Å². The number of rotatable bonds is 7. The van der Waals surface area contributed by atoms with Gasteiger partial charge in [-0.1, -0.05) is 42.8 Å². The summed E-state index contributed by atoms with van der Waals surface area (Å²) in [6, 6.07) is 7.99. The lowest BCUT2D eigenvalue weighted by Crippen LogP contribution is -2.07. The third-order valence-electron chi connectivity index (χ3n) is 3.20. The van der Waals surface area contributed by atoms with Gasteiger partial charge in [-0.2, -0.15) is 0 Å². The molecule has 0 aromatic heterocycles. The Morgan fingerprint density at radius 1 is 1.22 bits per heavy atom. The van der Waals surface area contributed by atoms with Gasteiger partial charge < -0.3 is 10.3 Å². The van der Waals surface area contributed by atoms with Gasteiger partial charge in [0.25, 0.3) is 0 Å². The summed E-state index contributed by atoms with van der Waals surface area (Å²) in [5.74, 6) is 0.416. The molecule has 2 N–H and O–H groups in total. The van der Waals surface area contributed by atoms with Crippen molar-refractivity contribution in [2.24, 2.45) is 5.16 Å². The van der Waals surface area contributed by atoms with Crippen LogP contribution < -0.4 is 0 Å². The minimum Gasteiger partial charge on any atom is -0.411 e. The molecule has 0 radical (unpaired) electrons. The second kappa shape index (κ2) is 7.88. The van der Waals surface area contributed by atoms with E-state index in [1.165, 1.54) is 11.8 Å². The van der Waals surface area contributed by atoms with Gasteiger partial charge in [-0.3, -0.25) is 0 Å². The maximum absolute atomic E-state index is 9.42. The zero-order chi connectivity index (χ0) is 13.4. The van der Waals surface area contributed by atoms with E-state index in [-0.39, 0.29) is 6.10 Å². The molecular weight excluding hydrogens is 226 g/mol. The van der Waals surface area contributed by atoms with Gasteiger partial charge in [0.05, 0.1) is 12.3 Å². The Morgan fingerprint density at radius 2 is 1.94 bits per heavy atom. The molecule has 100 valence electrons. The van der Waals surface area contributed by atoms with E-state index in [1.807, 2.05) is 25.1 Å². The Bertz CT molecular complexity index is 375. The van der Waals surface area contributed by atoms with Crippen molar-refractivity contribution in [1.82, 2.24) is 0 Å². The van der Waals surface area contributed by atoms with Gasteiger partial charge in [0.1, 0.15) is 0 Å². The van der Waals surface area contributed by atoms with E-state index < -0.39 is 0 Å². The third kappa shape index (κ3) is 4.49. The number of aliphatic hydroxyl groups excluding tert-OH is 1. The van der Waals surface area contributed by atoms with Gasteiger partial charge in [0, 0.05) is 0 Å². The van der Waals surface area contributed by atoms with Crippen molar-refractivity contribution in [3.05, 3.63) is 35.4 Å². The Hall–Kier alpha value is -1.35. The van der Waals surface area contributed by atoms with Crippen molar-refractivity contribution < 1.29 is 10.3 Å². The molecule has 0 heterocycles. The molecule has 0 spiro atoms. The van der Waals surface area contributed by atoms with E-state index in [9.17, 15) is 5.11 Å². The average Bonchev–Trinajstić information content (AvgIpc) is 2.35. The van der Waals surface area contributed by atoms with Crippen molar-refractivity contribution in [2.45, 2.75) is 51.6 Å². The molecule has 2 unspecified atom stereocenters. The number of nitrogens with zero attached hydrogens (tertiary/aromatic N) is 1. The monoisotopic (exact) mass is 249 g/mol. The first kappa shape index (κ1) is 14.7. The van der Waals surface area contributed by atoms with Gasteiger partial charge in [-0.05, 0) is 43.2 Å². The van der Waals surface area contributed by atoms with Gasteiger partial charge >= 0.3 is 0 Å². The molecule has 1 aromatic rings. The number of hydrogen-bond donors (Lipinski definition) is 2. The van der Waals surface area contributed by atoms with Crippen LogP contribution in [0.5, 0.6) is 0 Å². The quantitative estimate of drug-likeness (QED) is 0.441. The third-order valence-corrected chi connectivity index (χ3v) is 3.20. The van der Waals surface area contributed by atoms with Crippen LogP contribution in [0.25, 0.3) is 0 Å². The Labute approximate surface area is 109 Å². The zero-order valence-electron chi connectivity index (χ0n) is 11.2. The molecule has 3 heteroatoms. The molecule has 0 fully saturated rings. The van der Waals surface area contributed by atoms with Gasteiger partial charge in [-0.25, -0.2) is 0 Å². The van der Waals surface area contributed by atoms with E-state index in [4.69, 9.17) is 5.21 Å². The van der Waals surface area contributed by atoms with Crippen LogP contribution in [0, 0.1) is 0 Å². The van der Waals surface area contributed by atoms with Crippen LogP contribution in [-0.4, -0.2) is 22.6 Å². The molecule has 0 aliphatic rings. The van der Waals surface area contributed by atoms with Crippen LogP contribution in [0.15, 0.2) is 29.4 Å². The molecule has 0 aliphatic carbocycles. The molecule has 0 bridgehead atoms. The smallest absolute Gasteiger partial charge is 0.0736 e. The van der Waals surface area contributed by atoms with Crippen LogP contribution in [0.4, 0.5) is 0 Å². The molecular formula is C15H23NO2. The lowest BCUT2D eigenvalue weighted by atomic mass is 9.86. The first-order valence-corrected chi connectivity index (χ1v) is 6.63. The summed E-state index contributed by atoms with van der Waals surface area (Å²) >= 11 is 0. The number of hydrogen-bond acceptors (Lipinski definition) is 3. The van der Waals surface area contributed by atoms with Crippen molar-refractivity contribution in [2.75, 3.05) is 0 Å². The molecule has 18 heavy (non-hydrogen) atoms. The summed E-state index contributed by atoms with van der Waals surface area (Å²) in [7, 11) is 0. The lowest BCUT2D eigenvalue weighted by Gasteiger charge is -2.19. The van der Waals surface area contributed by atoms with Crippen LogP contribution in [0.2, 0.25) is 0 Å². The summed E-state index contributed by atoms with van der Waals surface area (Å²) in [6.45, 7) is 3.99. The Balaban J connectivity index is 2.89. The maximum atomic E-state index is 9.42. The summed E-state index contributed by atoms with van der Waals surface area (Å²) in [5.41, 5.74) is 2.17. The van der Waals surface area contributed by atoms with Crippen molar-refractivity contribution in [3.63, 3.8) is 0 Å². The molecule has 0 saturated carbocycles. The summed E-state index contributed by atoms with van der Waals surface area (Å²) in [6.07, 6.45) is 5.18. The van der Waals surface area contributed by atoms with E-state index >= 15 is 0 Å². The highest BCUT2D eigenvalue weighted by Gasteiger charge is 2.14. The van der Waals surface area contributed by atoms with Crippen LogP contribution >= 0.6 is 0 Å². The van der Waals surface area contributed by atoms with Gasteiger partial charge in [-0.15, -0.1) is 0 Å². The SMILES string of the molecule is CCCC(CCC(C)O)c1ccccc1C=NO. The fraction of sp³-hybridized carbons (Fsp3) is 0.533. The molecule has 2 atom stereocenters. The molecule has 0 saturated heterocycles. The molecule has 1 aromatic carbocycles. The van der Waals surface area contributed by atoms with Crippen LogP contribution in [0.1, 0.15) is 56.6 Å². The second-order valence-electron chi connectivity index (χ2n) is 4.79. The standard InChI is InChI=1S/C15H23NO2/c1-3-6-13(10-9-12(2)17)15-8-5-4-7-14(15)11-16-18/h4-5,7-8,11-13,17-18H,3,6,9-10H2,1-2H3. The summed E-state index contributed by atoms with van der Waals surface area (Å²) in [4.78, 5) is 0. The molecule has 0 aliphatic heterocycles. The fourth-order valence-electron chi connectivity index (χ4n) is 2.31. The van der Waals surface area contributed by atoms with E-state index in [1.54, 1.807) is 0 Å². The normalized spacial score (nSPS) is 14.8.